The molecule has 0 aliphatic heterocycles. The van der Waals surface area contributed by atoms with E-state index in [0.29, 0.717) is 0 Å². The van der Waals surface area contributed by atoms with Crippen molar-refractivity contribution in [2.75, 3.05) is 0 Å². The third-order valence-corrected chi connectivity index (χ3v) is 4.58. The number of rotatable bonds is 1. The fraction of sp³-hybridized carbons (Fsp3) is 0.182. The van der Waals surface area contributed by atoms with Gasteiger partial charge in [-0.1, -0.05) is 0 Å². The zero-order valence-corrected chi connectivity index (χ0v) is 12.6. The number of thiophene rings is 1. The first-order chi connectivity index (χ1) is 8.04. The van der Waals surface area contributed by atoms with Crippen LogP contribution in [-0.4, -0.2) is 39.2 Å². The molecule has 0 bridgehead atoms. The minimum Gasteiger partial charge on any atom is -0.350 e. The van der Waals surface area contributed by atoms with Gasteiger partial charge in [0.05, 0.1) is 0 Å². The fourth-order valence-corrected chi connectivity index (χ4v) is 2.87. The summed E-state index contributed by atoms with van der Waals surface area (Å²) in [5.41, 5.74) is 5.46. The molecule has 0 aliphatic rings. The average Bonchev–Trinajstić information content (AvgIpc) is 2.73. The van der Waals surface area contributed by atoms with Crippen molar-refractivity contribution in [2.24, 2.45) is 5.73 Å². The van der Waals surface area contributed by atoms with Crippen LogP contribution in [0, 0.1) is 0 Å². The second kappa shape index (κ2) is 6.98. The van der Waals surface area contributed by atoms with Crippen molar-refractivity contribution in [3.8, 4) is 0 Å². The summed E-state index contributed by atoms with van der Waals surface area (Å²) in [5, 5.41) is 8.82. The molecule has 2 rings (SSSR count). The van der Waals surface area contributed by atoms with Crippen LogP contribution >= 0.6 is 11.3 Å². The Bertz CT molecular complexity index is 466. The van der Waals surface area contributed by atoms with Crippen LogP contribution in [0.5, 0.6) is 0 Å². The molecule has 1 heterocycles. The van der Waals surface area contributed by atoms with Gasteiger partial charge in [0.15, 0.2) is 0 Å². The number of benzene rings is 1. The van der Waals surface area contributed by atoms with Gasteiger partial charge in [-0.3, -0.25) is 5.21 Å². The molecule has 0 radical (unpaired) electrons. The molecule has 0 saturated heterocycles. The van der Waals surface area contributed by atoms with Crippen molar-refractivity contribution >= 4 is 55.4 Å². The predicted octanol–water partition coefficient (Wildman–Crippen LogP) is 2.17. The smallest absolute Gasteiger partial charge is 0.335 e. The number of hydroxylamine groups is 1. The number of carbonyl (C=O) groups is 1. The van der Waals surface area contributed by atoms with Crippen molar-refractivity contribution in [2.45, 2.75) is 10.1 Å². The van der Waals surface area contributed by atoms with E-state index in [1.165, 1.54) is 43.5 Å². The molecule has 4 nitrogen and oxygen atoms in total. The molecule has 2 aromatic rings. The maximum Gasteiger partial charge on any atom is 0.335 e. The van der Waals surface area contributed by atoms with E-state index in [2.05, 4.69) is 43.0 Å². The summed E-state index contributed by atoms with van der Waals surface area (Å²) in [4.78, 5) is 10.8. The summed E-state index contributed by atoms with van der Waals surface area (Å²) in [6.45, 7) is 2.30. The van der Waals surface area contributed by atoms with Crippen LogP contribution in [0.25, 0.3) is 10.1 Å². The SMILES string of the molecule is C[CH]([Na])c1cc2ccccc2s1.NC(=O)NO. The van der Waals surface area contributed by atoms with Gasteiger partial charge < -0.3 is 5.73 Å². The Morgan fingerprint density at radius 2 is 2.12 bits per heavy atom. The summed E-state index contributed by atoms with van der Waals surface area (Å²) >= 11 is 3.20. The number of nitrogens with two attached hydrogens (primary N) is 1. The van der Waals surface area contributed by atoms with Crippen molar-refractivity contribution in [3.63, 3.8) is 0 Å². The van der Waals surface area contributed by atoms with Crippen LogP contribution in [0.2, 0.25) is 0 Å². The maximum atomic E-state index is 9.23. The maximum absolute atomic E-state index is 9.23. The molecular formula is C11H13N2NaO2S. The number of carbonyl (C=O) groups excluding carboxylic acids is 1. The quantitative estimate of drug-likeness (QED) is 0.417. The zero-order valence-electron chi connectivity index (χ0n) is 9.81. The van der Waals surface area contributed by atoms with Gasteiger partial charge in [-0.05, 0) is 0 Å². The minimum absolute atomic E-state index is 0.794. The fourth-order valence-electron chi connectivity index (χ4n) is 1.29. The van der Waals surface area contributed by atoms with Crippen LogP contribution < -0.4 is 11.2 Å². The molecule has 4 N–H and O–H groups in total. The average molecular weight is 260 g/mol. The molecule has 1 atom stereocenters. The van der Waals surface area contributed by atoms with Crippen molar-refractivity contribution < 1.29 is 10.0 Å². The second-order valence-electron chi connectivity index (χ2n) is 3.82. The Morgan fingerprint density at radius 3 is 2.59 bits per heavy atom. The molecule has 2 amide bonds. The van der Waals surface area contributed by atoms with Gasteiger partial charge in [0.1, 0.15) is 0 Å². The molecule has 1 aromatic heterocycles. The van der Waals surface area contributed by atoms with Gasteiger partial charge >= 0.3 is 101 Å². The van der Waals surface area contributed by atoms with Gasteiger partial charge in [0, 0.05) is 0 Å². The van der Waals surface area contributed by atoms with E-state index >= 15 is 0 Å². The molecule has 0 fully saturated rings. The van der Waals surface area contributed by atoms with Gasteiger partial charge in [-0.25, -0.2) is 10.3 Å². The number of urea groups is 1. The van der Waals surface area contributed by atoms with Crippen LogP contribution in [0.3, 0.4) is 0 Å². The van der Waals surface area contributed by atoms with Gasteiger partial charge in [0.2, 0.25) is 0 Å². The van der Waals surface area contributed by atoms with Crippen LogP contribution in [0.1, 0.15) is 15.0 Å². The Morgan fingerprint density at radius 1 is 1.53 bits per heavy atom. The third kappa shape index (κ3) is 4.65. The molecule has 0 aliphatic carbocycles. The molecule has 6 heteroatoms. The third-order valence-electron chi connectivity index (χ3n) is 2.12. The number of fused-ring (bicyclic) bond motifs is 1. The molecule has 86 valence electrons. The number of hydrogen-bond acceptors (Lipinski definition) is 3. The van der Waals surface area contributed by atoms with E-state index in [-0.39, 0.29) is 0 Å². The van der Waals surface area contributed by atoms with E-state index in [1.54, 1.807) is 4.88 Å². The number of primary amides is 1. The summed E-state index contributed by atoms with van der Waals surface area (Å²) in [6, 6.07) is 10.0. The van der Waals surface area contributed by atoms with Crippen LogP contribution in [0.15, 0.2) is 30.3 Å². The Hall–Kier alpha value is -0.590. The summed E-state index contributed by atoms with van der Waals surface area (Å²) < 4.78 is 2.22. The summed E-state index contributed by atoms with van der Waals surface area (Å²) in [6.07, 6.45) is 0. The van der Waals surface area contributed by atoms with Gasteiger partial charge in [-0.15, -0.1) is 0 Å². The standard InChI is InChI=1S/C10H9S.CH4N2O2.Na/c1-2-9-7-8-5-3-4-6-10(8)11-9;2-1(4)3-5;/h2-7H,1H3;5H,(H3,2,3,4);. The van der Waals surface area contributed by atoms with E-state index in [1.807, 2.05) is 11.3 Å². The molecule has 1 unspecified atom stereocenters. The number of nitrogens with one attached hydrogen (secondary N) is 1. The minimum atomic E-state index is -0.940. The molecular weight excluding hydrogens is 247 g/mol. The molecule has 0 saturated carbocycles. The first-order valence-corrected chi connectivity index (χ1v) is 7.19. The topological polar surface area (TPSA) is 75.4 Å². The Labute approximate surface area is 121 Å². The van der Waals surface area contributed by atoms with Crippen molar-refractivity contribution in [1.29, 1.82) is 0 Å². The van der Waals surface area contributed by atoms with Crippen molar-refractivity contribution in [1.82, 2.24) is 5.48 Å². The summed E-state index contributed by atoms with van der Waals surface area (Å²) in [5.74, 6) is 0. The molecule has 17 heavy (non-hydrogen) atoms. The Kier molecular flexibility index (Phi) is 5.94. The van der Waals surface area contributed by atoms with Crippen molar-refractivity contribution in [3.05, 3.63) is 35.2 Å². The van der Waals surface area contributed by atoms with E-state index in [9.17, 15) is 4.79 Å². The first kappa shape index (κ1) is 14.5. The van der Waals surface area contributed by atoms with E-state index in [4.69, 9.17) is 5.21 Å². The number of amides is 2. The van der Waals surface area contributed by atoms with Gasteiger partial charge in [0.25, 0.3) is 0 Å². The first-order valence-electron chi connectivity index (χ1n) is 5.22. The summed E-state index contributed by atoms with van der Waals surface area (Å²) in [7, 11) is 0. The monoisotopic (exact) mass is 260 g/mol. The normalized spacial score (nSPS) is 11.5. The predicted molar refractivity (Wildman–Crippen MR) is 70.5 cm³/mol. The molecule has 0 spiro atoms. The zero-order chi connectivity index (χ0) is 12.8. The number of hydrogen-bond donors (Lipinski definition) is 3. The van der Waals surface area contributed by atoms with Crippen LogP contribution in [0.4, 0.5) is 4.79 Å². The molecule has 1 aromatic carbocycles. The van der Waals surface area contributed by atoms with Gasteiger partial charge in [-0.2, -0.15) is 0 Å². The van der Waals surface area contributed by atoms with Crippen LogP contribution in [-0.2, 0) is 0 Å². The van der Waals surface area contributed by atoms with E-state index < -0.39 is 6.03 Å². The second-order valence-corrected chi connectivity index (χ2v) is 6.66. The Balaban J connectivity index is 0.000000249. The largest absolute Gasteiger partial charge is 0.350 e. The van der Waals surface area contributed by atoms with E-state index in [0.717, 1.165) is 3.17 Å².